The summed E-state index contributed by atoms with van der Waals surface area (Å²) in [6.07, 6.45) is 0. The van der Waals surface area contributed by atoms with Crippen molar-refractivity contribution in [2.75, 3.05) is 5.75 Å². The molecule has 0 spiro atoms. The van der Waals surface area contributed by atoms with Gasteiger partial charge in [-0.15, -0.1) is 10.2 Å². The number of carbonyl (C=O) groups excluding carboxylic acids is 1. The molecule has 1 aromatic heterocycles. The van der Waals surface area contributed by atoms with Crippen molar-refractivity contribution in [1.29, 1.82) is 0 Å². The minimum absolute atomic E-state index is 0.0372. The number of hydrogen-bond acceptors (Lipinski definition) is 5. The summed E-state index contributed by atoms with van der Waals surface area (Å²) in [6.45, 7) is 10.6. The van der Waals surface area contributed by atoms with Gasteiger partial charge in [0, 0.05) is 5.56 Å². The molecule has 5 nitrogen and oxygen atoms in total. The van der Waals surface area contributed by atoms with Crippen molar-refractivity contribution in [3.05, 3.63) is 65.2 Å². The van der Waals surface area contributed by atoms with E-state index in [0.717, 1.165) is 16.7 Å². The minimum atomic E-state index is -0.0538. The summed E-state index contributed by atoms with van der Waals surface area (Å²) in [5.41, 5.74) is 4.42. The summed E-state index contributed by atoms with van der Waals surface area (Å²) in [6, 6.07) is 16.4. The van der Waals surface area contributed by atoms with Gasteiger partial charge in [-0.1, -0.05) is 81.4 Å². The third-order valence-electron chi connectivity index (χ3n) is 4.94. The van der Waals surface area contributed by atoms with Gasteiger partial charge in [0.05, 0.1) is 11.8 Å². The summed E-state index contributed by atoms with van der Waals surface area (Å²) in [5.74, 6) is 1.40. The molecule has 1 amide bonds. The van der Waals surface area contributed by atoms with Gasteiger partial charge >= 0.3 is 0 Å². The van der Waals surface area contributed by atoms with E-state index in [1.165, 1.54) is 17.3 Å². The third kappa shape index (κ3) is 5.72. The number of rotatable bonds is 8. The van der Waals surface area contributed by atoms with Crippen LogP contribution in [0.25, 0.3) is 11.5 Å². The molecule has 3 rings (SSSR count). The second-order valence-electron chi connectivity index (χ2n) is 8.14. The molecule has 0 fully saturated rings. The smallest absolute Gasteiger partial charge is 0.277 e. The zero-order valence-electron chi connectivity index (χ0n) is 18.2. The van der Waals surface area contributed by atoms with E-state index in [4.69, 9.17) is 4.42 Å². The second kappa shape index (κ2) is 9.94. The maximum Gasteiger partial charge on any atom is 0.277 e. The highest BCUT2D eigenvalue weighted by Gasteiger charge is 2.19. The van der Waals surface area contributed by atoms with Crippen LogP contribution in [0.15, 0.2) is 58.2 Å². The van der Waals surface area contributed by atoms with Crippen molar-refractivity contribution in [2.45, 2.75) is 51.8 Å². The number of thioether (sulfide) groups is 1. The molecule has 0 saturated heterocycles. The monoisotopic (exact) mass is 423 g/mol. The molecule has 0 aliphatic rings. The van der Waals surface area contributed by atoms with Gasteiger partial charge in [0.25, 0.3) is 5.22 Å². The Kier molecular flexibility index (Phi) is 7.32. The highest BCUT2D eigenvalue weighted by molar-refractivity contribution is 7.99. The molecule has 30 heavy (non-hydrogen) atoms. The van der Waals surface area contributed by atoms with Crippen molar-refractivity contribution in [3.8, 4) is 11.5 Å². The van der Waals surface area contributed by atoms with Gasteiger partial charge < -0.3 is 9.73 Å². The molecule has 2 aromatic carbocycles. The largest absolute Gasteiger partial charge is 0.411 e. The number of nitrogens with zero attached hydrogens (tertiary/aromatic N) is 2. The number of aryl methyl sites for hydroxylation is 1. The van der Waals surface area contributed by atoms with Crippen molar-refractivity contribution in [3.63, 3.8) is 0 Å². The number of carbonyl (C=O) groups is 1. The molecule has 3 aromatic rings. The number of aromatic nitrogens is 2. The maximum atomic E-state index is 12.6. The Morgan fingerprint density at radius 3 is 2.37 bits per heavy atom. The van der Waals surface area contributed by atoms with Crippen molar-refractivity contribution < 1.29 is 9.21 Å². The van der Waals surface area contributed by atoms with Gasteiger partial charge in [-0.3, -0.25) is 4.79 Å². The molecule has 0 saturated carbocycles. The first-order valence-electron chi connectivity index (χ1n) is 10.3. The average Bonchev–Trinajstić information content (AvgIpc) is 3.19. The lowest BCUT2D eigenvalue weighted by Crippen LogP contribution is -2.33. The van der Waals surface area contributed by atoms with E-state index in [1.807, 2.05) is 31.2 Å². The van der Waals surface area contributed by atoms with E-state index in [2.05, 4.69) is 67.5 Å². The Morgan fingerprint density at radius 2 is 1.73 bits per heavy atom. The quantitative estimate of drug-likeness (QED) is 0.466. The SMILES string of the molecule is Cc1cccc(-c2nnc(SCC(=O)N[C@@H](c3ccc(C(C)C)cc3)C(C)C)o2)c1. The summed E-state index contributed by atoms with van der Waals surface area (Å²) >= 11 is 1.25. The molecule has 1 N–H and O–H groups in total. The zero-order chi connectivity index (χ0) is 21.7. The van der Waals surface area contributed by atoms with Crippen LogP contribution >= 0.6 is 11.8 Å². The first-order valence-corrected chi connectivity index (χ1v) is 11.2. The van der Waals surface area contributed by atoms with Gasteiger partial charge in [-0.25, -0.2) is 0 Å². The predicted molar refractivity (Wildman–Crippen MR) is 121 cm³/mol. The molecule has 158 valence electrons. The summed E-state index contributed by atoms with van der Waals surface area (Å²) in [5, 5.41) is 11.7. The van der Waals surface area contributed by atoms with Crippen LogP contribution in [-0.4, -0.2) is 21.9 Å². The maximum absolute atomic E-state index is 12.6. The van der Waals surface area contributed by atoms with Crippen LogP contribution in [0.2, 0.25) is 0 Å². The highest BCUT2D eigenvalue weighted by Crippen LogP contribution is 2.26. The molecule has 0 aliphatic heterocycles. The molecular formula is C24H29N3O2S. The van der Waals surface area contributed by atoms with Gasteiger partial charge in [0.15, 0.2) is 0 Å². The van der Waals surface area contributed by atoms with E-state index in [1.54, 1.807) is 0 Å². The molecular weight excluding hydrogens is 394 g/mol. The number of hydrogen-bond donors (Lipinski definition) is 1. The van der Waals surface area contributed by atoms with Gasteiger partial charge in [-0.05, 0) is 42.0 Å². The van der Waals surface area contributed by atoms with Crippen LogP contribution in [0, 0.1) is 12.8 Å². The first kappa shape index (κ1) is 22.1. The van der Waals surface area contributed by atoms with Crippen molar-refractivity contribution in [1.82, 2.24) is 15.5 Å². The minimum Gasteiger partial charge on any atom is -0.411 e. The lowest BCUT2D eigenvalue weighted by molar-refractivity contribution is -0.119. The molecule has 0 bridgehead atoms. The van der Waals surface area contributed by atoms with Crippen LogP contribution in [-0.2, 0) is 4.79 Å². The second-order valence-corrected chi connectivity index (χ2v) is 9.07. The van der Waals surface area contributed by atoms with Gasteiger partial charge in [0.2, 0.25) is 11.8 Å². The van der Waals surface area contributed by atoms with Crippen LogP contribution in [0.4, 0.5) is 0 Å². The fraction of sp³-hybridized carbons (Fsp3) is 0.375. The Hall–Kier alpha value is -2.60. The van der Waals surface area contributed by atoms with E-state index >= 15 is 0 Å². The molecule has 6 heteroatoms. The number of nitrogens with one attached hydrogen (secondary N) is 1. The Morgan fingerprint density at radius 1 is 1.03 bits per heavy atom. The van der Waals surface area contributed by atoms with Crippen LogP contribution < -0.4 is 5.32 Å². The molecule has 0 radical (unpaired) electrons. The van der Waals surface area contributed by atoms with Crippen molar-refractivity contribution in [2.24, 2.45) is 5.92 Å². The standard InChI is InChI=1S/C24H29N3O2S/c1-15(2)18-9-11-19(12-10-18)22(16(3)4)25-21(28)14-30-24-27-26-23(29-24)20-8-6-7-17(5)13-20/h6-13,15-16,22H,14H2,1-5H3,(H,25,28)/t22-/m1/s1. The van der Waals surface area contributed by atoms with E-state index in [0.29, 0.717) is 17.0 Å². The Bertz CT molecular complexity index is 980. The Labute approximate surface area is 182 Å². The topological polar surface area (TPSA) is 68.0 Å². The lowest BCUT2D eigenvalue weighted by Gasteiger charge is -2.23. The fourth-order valence-corrected chi connectivity index (χ4v) is 3.80. The normalized spacial score (nSPS) is 12.4. The lowest BCUT2D eigenvalue weighted by atomic mass is 9.93. The van der Waals surface area contributed by atoms with E-state index in [-0.39, 0.29) is 23.6 Å². The summed E-state index contributed by atoms with van der Waals surface area (Å²) in [4.78, 5) is 12.6. The van der Waals surface area contributed by atoms with E-state index < -0.39 is 0 Å². The predicted octanol–water partition coefficient (Wildman–Crippen LogP) is 5.77. The number of benzene rings is 2. The van der Waals surface area contributed by atoms with Crippen LogP contribution in [0.5, 0.6) is 0 Å². The van der Waals surface area contributed by atoms with Gasteiger partial charge in [0.1, 0.15) is 0 Å². The van der Waals surface area contributed by atoms with Gasteiger partial charge in [-0.2, -0.15) is 0 Å². The molecule has 1 heterocycles. The molecule has 1 atom stereocenters. The fourth-order valence-electron chi connectivity index (χ4n) is 3.23. The first-order chi connectivity index (χ1) is 14.3. The highest BCUT2D eigenvalue weighted by atomic mass is 32.2. The molecule has 0 aliphatic carbocycles. The molecule has 0 unspecified atom stereocenters. The Balaban J connectivity index is 1.60. The summed E-state index contributed by atoms with van der Waals surface area (Å²) < 4.78 is 5.71. The van der Waals surface area contributed by atoms with Crippen LogP contribution in [0.1, 0.15) is 56.3 Å². The van der Waals surface area contributed by atoms with Crippen LogP contribution in [0.3, 0.4) is 0 Å². The van der Waals surface area contributed by atoms with E-state index in [9.17, 15) is 4.79 Å². The zero-order valence-corrected chi connectivity index (χ0v) is 19.0. The third-order valence-corrected chi connectivity index (χ3v) is 5.76. The number of amides is 1. The summed E-state index contributed by atoms with van der Waals surface area (Å²) in [7, 11) is 0. The van der Waals surface area contributed by atoms with Crippen molar-refractivity contribution >= 4 is 17.7 Å². The average molecular weight is 424 g/mol.